The third-order valence-corrected chi connectivity index (χ3v) is 4.82. The first kappa shape index (κ1) is 14.9. The van der Waals surface area contributed by atoms with Crippen LogP contribution in [0.15, 0.2) is 24.3 Å². The van der Waals surface area contributed by atoms with E-state index in [2.05, 4.69) is 55.3 Å². The highest BCUT2D eigenvalue weighted by molar-refractivity contribution is 5.29. The lowest BCUT2D eigenvalue weighted by atomic mass is 10.0. The molecular formula is C18H28N2O. The molecule has 3 heteroatoms. The summed E-state index contributed by atoms with van der Waals surface area (Å²) in [7, 11) is 0. The molecule has 0 radical (unpaired) electrons. The topological polar surface area (TPSA) is 24.5 Å². The van der Waals surface area contributed by atoms with Crippen LogP contribution in [0.1, 0.15) is 51.6 Å². The average molecular weight is 288 g/mol. The molecule has 3 atom stereocenters. The standard InChI is InChI=1S/C18H28N2O/c1-13(2)21-16-8-6-15(7-9-16)14(3)19-17-10-12-20-11-4-5-18(17)20/h6-9,13-14,17-19H,4-5,10-12H2,1-3H3. The molecule has 3 unspecified atom stereocenters. The predicted octanol–water partition coefficient (Wildman–Crippen LogP) is 3.36. The van der Waals surface area contributed by atoms with E-state index in [-0.39, 0.29) is 6.10 Å². The van der Waals surface area contributed by atoms with Crippen LogP contribution in [0.4, 0.5) is 0 Å². The van der Waals surface area contributed by atoms with E-state index >= 15 is 0 Å². The van der Waals surface area contributed by atoms with E-state index in [1.807, 2.05) is 0 Å². The van der Waals surface area contributed by atoms with Crippen LogP contribution in [-0.2, 0) is 0 Å². The maximum absolute atomic E-state index is 5.71. The van der Waals surface area contributed by atoms with E-state index in [4.69, 9.17) is 4.74 Å². The first-order valence-corrected chi connectivity index (χ1v) is 8.40. The second kappa shape index (κ2) is 6.37. The third kappa shape index (κ3) is 3.41. The van der Waals surface area contributed by atoms with Crippen LogP contribution in [0.3, 0.4) is 0 Å². The summed E-state index contributed by atoms with van der Waals surface area (Å²) in [5.74, 6) is 0.962. The number of hydrogen-bond acceptors (Lipinski definition) is 3. The zero-order chi connectivity index (χ0) is 14.8. The minimum Gasteiger partial charge on any atom is -0.491 e. The van der Waals surface area contributed by atoms with Crippen molar-refractivity contribution >= 4 is 0 Å². The van der Waals surface area contributed by atoms with Crippen molar-refractivity contribution in [2.45, 2.75) is 64.3 Å². The molecule has 0 aliphatic carbocycles. The first-order chi connectivity index (χ1) is 10.1. The average Bonchev–Trinajstić information content (AvgIpc) is 3.04. The quantitative estimate of drug-likeness (QED) is 0.899. The molecule has 2 fully saturated rings. The van der Waals surface area contributed by atoms with Crippen molar-refractivity contribution < 1.29 is 4.74 Å². The van der Waals surface area contributed by atoms with Crippen LogP contribution in [0.2, 0.25) is 0 Å². The monoisotopic (exact) mass is 288 g/mol. The van der Waals surface area contributed by atoms with E-state index in [1.54, 1.807) is 0 Å². The van der Waals surface area contributed by atoms with E-state index in [9.17, 15) is 0 Å². The Morgan fingerprint density at radius 1 is 1.10 bits per heavy atom. The molecule has 1 aromatic carbocycles. The largest absolute Gasteiger partial charge is 0.491 e. The number of hydrogen-bond donors (Lipinski definition) is 1. The fraction of sp³-hybridized carbons (Fsp3) is 0.667. The molecule has 2 aliphatic heterocycles. The molecule has 2 saturated heterocycles. The highest BCUT2D eigenvalue weighted by atomic mass is 16.5. The van der Waals surface area contributed by atoms with Crippen molar-refractivity contribution in [1.82, 2.24) is 10.2 Å². The van der Waals surface area contributed by atoms with Gasteiger partial charge in [0.1, 0.15) is 5.75 Å². The minimum atomic E-state index is 0.234. The van der Waals surface area contributed by atoms with Gasteiger partial charge in [0.05, 0.1) is 6.10 Å². The molecule has 2 aliphatic rings. The molecule has 3 nitrogen and oxygen atoms in total. The Labute approximate surface area is 128 Å². The Bertz CT molecular complexity index is 457. The van der Waals surface area contributed by atoms with Gasteiger partial charge >= 0.3 is 0 Å². The normalized spacial score (nSPS) is 27.0. The lowest BCUT2D eigenvalue weighted by Crippen LogP contribution is -2.40. The number of nitrogens with one attached hydrogen (secondary N) is 1. The molecule has 0 spiro atoms. The second-order valence-corrected chi connectivity index (χ2v) is 6.76. The van der Waals surface area contributed by atoms with Crippen LogP contribution in [0, 0.1) is 0 Å². The minimum absolute atomic E-state index is 0.234. The Hall–Kier alpha value is -1.06. The highest BCUT2D eigenvalue weighted by Gasteiger charge is 2.37. The first-order valence-electron chi connectivity index (χ1n) is 8.40. The number of rotatable bonds is 5. The van der Waals surface area contributed by atoms with Crippen molar-refractivity contribution in [2.75, 3.05) is 13.1 Å². The van der Waals surface area contributed by atoms with Gasteiger partial charge in [0, 0.05) is 24.7 Å². The molecule has 0 bridgehead atoms. The Morgan fingerprint density at radius 3 is 2.57 bits per heavy atom. The van der Waals surface area contributed by atoms with E-state index in [1.165, 1.54) is 37.9 Å². The van der Waals surface area contributed by atoms with Gasteiger partial charge in [-0.05, 0) is 64.3 Å². The van der Waals surface area contributed by atoms with Gasteiger partial charge < -0.3 is 10.1 Å². The van der Waals surface area contributed by atoms with Crippen LogP contribution in [-0.4, -0.2) is 36.2 Å². The summed E-state index contributed by atoms with van der Waals surface area (Å²) in [5, 5.41) is 3.84. The summed E-state index contributed by atoms with van der Waals surface area (Å²) in [4.78, 5) is 2.66. The lowest BCUT2D eigenvalue weighted by Gasteiger charge is -2.25. The lowest BCUT2D eigenvalue weighted by molar-refractivity contribution is 0.242. The van der Waals surface area contributed by atoms with Gasteiger partial charge in [-0.25, -0.2) is 0 Å². The fourth-order valence-corrected chi connectivity index (χ4v) is 3.80. The van der Waals surface area contributed by atoms with Gasteiger partial charge in [-0.2, -0.15) is 0 Å². The number of nitrogens with zero attached hydrogens (tertiary/aromatic N) is 1. The molecular weight excluding hydrogens is 260 g/mol. The van der Waals surface area contributed by atoms with Crippen molar-refractivity contribution in [1.29, 1.82) is 0 Å². The molecule has 0 saturated carbocycles. The summed E-state index contributed by atoms with van der Waals surface area (Å²) in [6.07, 6.45) is 4.27. The summed E-state index contributed by atoms with van der Waals surface area (Å²) in [6.45, 7) is 8.97. The second-order valence-electron chi connectivity index (χ2n) is 6.76. The predicted molar refractivity (Wildman–Crippen MR) is 86.8 cm³/mol. The SMILES string of the molecule is CC(C)Oc1ccc(C(C)NC2CCN3CCCC23)cc1. The van der Waals surface area contributed by atoms with Crippen molar-refractivity contribution in [3.05, 3.63) is 29.8 Å². The third-order valence-electron chi connectivity index (χ3n) is 4.82. The van der Waals surface area contributed by atoms with Gasteiger partial charge in [-0.1, -0.05) is 12.1 Å². The van der Waals surface area contributed by atoms with E-state index < -0.39 is 0 Å². The number of fused-ring (bicyclic) bond motifs is 1. The van der Waals surface area contributed by atoms with Gasteiger partial charge in [0.15, 0.2) is 0 Å². The van der Waals surface area contributed by atoms with Gasteiger partial charge in [-0.3, -0.25) is 4.90 Å². The summed E-state index contributed by atoms with van der Waals surface area (Å²) in [6, 6.07) is 10.4. The Morgan fingerprint density at radius 2 is 1.86 bits per heavy atom. The van der Waals surface area contributed by atoms with Gasteiger partial charge in [0.25, 0.3) is 0 Å². The molecule has 1 aromatic rings. The van der Waals surface area contributed by atoms with Crippen molar-refractivity contribution in [2.24, 2.45) is 0 Å². The van der Waals surface area contributed by atoms with E-state index in [0.717, 1.165) is 11.8 Å². The molecule has 0 amide bonds. The summed E-state index contributed by atoms with van der Waals surface area (Å²) < 4.78 is 5.71. The van der Waals surface area contributed by atoms with Gasteiger partial charge in [-0.15, -0.1) is 0 Å². The zero-order valence-corrected chi connectivity index (χ0v) is 13.5. The highest BCUT2D eigenvalue weighted by Crippen LogP contribution is 2.29. The van der Waals surface area contributed by atoms with Crippen molar-refractivity contribution in [3.63, 3.8) is 0 Å². The van der Waals surface area contributed by atoms with Crippen LogP contribution < -0.4 is 10.1 Å². The fourth-order valence-electron chi connectivity index (χ4n) is 3.80. The zero-order valence-electron chi connectivity index (χ0n) is 13.5. The summed E-state index contributed by atoms with van der Waals surface area (Å²) in [5.41, 5.74) is 1.35. The smallest absolute Gasteiger partial charge is 0.119 e. The Balaban J connectivity index is 1.58. The molecule has 1 N–H and O–H groups in total. The molecule has 3 rings (SSSR count). The number of ether oxygens (including phenoxy) is 1. The molecule has 0 aromatic heterocycles. The molecule has 21 heavy (non-hydrogen) atoms. The number of benzene rings is 1. The van der Waals surface area contributed by atoms with Gasteiger partial charge in [0.2, 0.25) is 0 Å². The van der Waals surface area contributed by atoms with E-state index in [0.29, 0.717) is 12.1 Å². The van der Waals surface area contributed by atoms with Crippen LogP contribution in [0.25, 0.3) is 0 Å². The summed E-state index contributed by atoms with van der Waals surface area (Å²) >= 11 is 0. The Kier molecular flexibility index (Phi) is 4.51. The van der Waals surface area contributed by atoms with Crippen LogP contribution in [0.5, 0.6) is 5.75 Å². The van der Waals surface area contributed by atoms with Crippen LogP contribution >= 0.6 is 0 Å². The molecule has 116 valence electrons. The van der Waals surface area contributed by atoms with Crippen molar-refractivity contribution in [3.8, 4) is 5.75 Å². The maximum Gasteiger partial charge on any atom is 0.119 e. The maximum atomic E-state index is 5.71. The molecule has 2 heterocycles.